The second-order valence-electron chi connectivity index (χ2n) is 3.30. The number of rotatable bonds is 3. The topological polar surface area (TPSA) is 48.9 Å². The normalized spacial score (nSPS) is 14.5. The van der Waals surface area contributed by atoms with E-state index in [-0.39, 0.29) is 0 Å². The largest absolute Gasteiger partial charge is 0.375 e. The van der Waals surface area contributed by atoms with Crippen molar-refractivity contribution in [2.45, 2.75) is 5.60 Å². The summed E-state index contributed by atoms with van der Waals surface area (Å²) in [5, 5.41) is 10.5. The van der Waals surface area contributed by atoms with Gasteiger partial charge in [0, 0.05) is 0 Å². The second kappa shape index (κ2) is 3.71. The third-order valence-electron chi connectivity index (χ3n) is 2.42. The molecule has 15 heavy (non-hydrogen) atoms. The van der Waals surface area contributed by atoms with E-state index in [9.17, 15) is 5.11 Å². The van der Waals surface area contributed by atoms with Crippen molar-refractivity contribution in [1.29, 1.82) is 0 Å². The molecule has 0 bridgehead atoms. The average Bonchev–Trinajstić information content (AvgIpc) is 2.83. The van der Waals surface area contributed by atoms with Gasteiger partial charge in [-0.1, -0.05) is 36.9 Å². The summed E-state index contributed by atoms with van der Waals surface area (Å²) in [7, 11) is 0. The van der Waals surface area contributed by atoms with Gasteiger partial charge in [-0.05, 0) is 11.6 Å². The summed E-state index contributed by atoms with van der Waals surface area (Å²) in [6, 6.07) is 9.35. The van der Waals surface area contributed by atoms with Crippen LogP contribution in [0.1, 0.15) is 11.3 Å². The van der Waals surface area contributed by atoms with Crippen LogP contribution in [0, 0.1) is 0 Å². The molecule has 0 spiro atoms. The molecule has 0 fully saturated rings. The molecule has 0 aliphatic heterocycles. The van der Waals surface area contributed by atoms with E-state index < -0.39 is 5.60 Å². The Morgan fingerprint density at radius 1 is 1.33 bits per heavy atom. The number of benzene rings is 1. The number of H-pyrrole nitrogens is 1. The molecule has 1 unspecified atom stereocenters. The molecule has 2 aromatic rings. The Morgan fingerprint density at radius 2 is 2.07 bits per heavy atom. The number of hydrogen-bond donors (Lipinski definition) is 2. The molecule has 1 aromatic carbocycles. The average molecular weight is 200 g/mol. The Morgan fingerprint density at radius 3 is 2.60 bits per heavy atom. The van der Waals surface area contributed by atoms with Gasteiger partial charge in [0.2, 0.25) is 0 Å². The first kappa shape index (κ1) is 9.68. The zero-order valence-electron chi connectivity index (χ0n) is 8.22. The third-order valence-corrected chi connectivity index (χ3v) is 2.42. The predicted molar refractivity (Wildman–Crippen MR) is 58.2 cm³/mol. The van der Waals surface area contributed by atoms with E-state index in [1.807, 2.05) is 30.3 Å². The molecule has 76 valence electrons. The fraction of sp³-hybridized carbons (Fsp3) is 0.0833. The standard InChI is InChI=1S/C12H12N2O/c1-2-12(15,11-8-13-9-14-11)10-6-4-3-5-7-10/h2-9,15H,1H2,(H,13,14). The summed E-state index contributed by atoms with van der Waals surface area (Å²) in [6.45, 7) is 3.67. The fourth-order valence-electron chi connectivity index (χ4n) is 1.54. The molecule has 3 heteroatoms. The molecule has 0 saturated heterocycles. The molecule has 0 amide bonds. The number of imidazole rings is 1. The fourth-order valence-corrected chi connectivity index (χ4v) is 1.54. The molecule has 0 aliphatic rings. The summed E-state index contributed by atoms with van der Waals surface area (Å²) in [5.74, 6) is 0. The van der Waals surface area contributed by atoms with E-state index in [0.717, 1.165) is 5.56 Å². The van der Waals surface area contributed by atoms with E-state index in [0.29, 0.717) is 5.69 Å². The van der Waals surface area contributed by atoms with Gasteiger partial charge in [-0.3, -0.25) is 0 Å². The lowest BCUT2D eigenvalue weighted by molar-refractivity contribution is 0.130. The van der Waals surface area contributed by atoms with Crippen LogP contribution in [0.3, 0.4) is 0 Å². The minimum absolute atomic E-state index is 0.615. The predicted octanol–water partition coefficient (Wildman–Crippen LogP) is 1.83. The monoisotopic (exact) mass is 200 g/mol. The van der Waals surface area contributed by atoms with Gasteiger partial charge in [0.15, 0.2) is 0 Å². The van der Waals surface area contributed by atoms with Gasteiger partial charge >= 0.3 is 0 Å². The molecule has 3 nitrogen and oxygen atoms in total. The van der Waals surface area contributed by atoms with Crippen LogP contribution < -0.4 is 0 Å². The van der Waals surface area contributed by atoms with Crippen LogP contribution in [-0.4, -0.2) is 15.1 Å². The number of hydrogen-bond acceptors (Lipinski definition) is 2. The molecule has 0 aliphatic carbocycles. The van der Waals surface area contributed by atoms with Gasteiger partial charge in [-0.2, -0.15) is 0 Å². The van der Waals surface area contributed by atoms with Crippen molar-refractivity contribution in [3.63, 3.8) is 0 Å². The third kappa shape index (κ3) is 1.57. The molecule has 1 heterocycles. The Balaban J connectivity index is 2.52. The summed E-state index contributed by atoms with van der Waals surface area (Å²) < 4.78 is 0. The summed E-state index contributed by atoms with van der Waals surface area (Å²) in [5.41, 5.74) is 0.186. The lowest BCUT2D eigenvalue weighted by Gasteiger charge is -2.23. The van der Waals surface area contributed by atoms with Gasteiger partial charge in [-0.15, -0.1) is 0 Å². The van der Waals surface area contributed by atoms with Crippen LogP contribution in [0.5, 0.6) is 0 Å². The zero-order chi connectivity index (χ0) is 10.7. The molecular formula is C12H12N2O. The second-order valence-corrected chi connectivity index (χ2v) is 3.30. The van der Waals surface area contributed by atoms with Crippen LogP contribution in [0.25, 0.3) is 0 Å². The molecule has 1 atom stereocenters. The number of aromatic nitrogens is 2. The summed E-state index contributed by atoms with van der Waals surface area (Å²) >= 11 is 0. The van der Waals surface area contributed by atoms with Crippen molar-refractivity contribution in [3.8, 4) is 0 Å². The zero-order valence-corrected chi connectivity index (χ0v) is 8.22. The van der Waals surface area contributed by atoms with Gasteiger partial charge in [0.25, 0.3) is 0 Å². The SMILES string of the molecule is C=CC(O)(c1ccccc1)c1cnc[nH]1. The van der Waals surface area contributed by atoms with E-state index in [1.165, 1.54) is 12.4 Å². The highest BCUT2D eigenvalue weighted by Crippen LogP contribution is 2.28. The summed E-state index contributed by atoms with van der Waals surface area (Å²) in [4.78, 5) is 6.79. The Kier molecular flexibility index (Phi) is 2.39. The van der Waals surface area contributed by atoms with Gasteiger partial charge in [0.1, 0.15) is 5.60 Å². The first-order valence-electron chi connectivity index (χ1n) is 4.67. The number of aromatic amines is 1. The van der Waals surface area contributed by atoms with Gasteiger partial charge < -0.3 is 10.1 Å². The number of aliphatic hydroxyl groups is 1. The van der Waals surface area contributed by atoms with Crippen molar-refractivity contribution in [3.05, 3.63) is 66.8 Å². The van der Waals surface area contributed by atoms with Crippen molar-refractivity contribution in [1.82, 2.24) is 9.97 Å². The highest BCUT2D eigenvalue weighted by Gasteiger charge is 2.28. The number of nitrogens with one attached hydrogen (secondary N) is 1. The van der Waals surface area contributed by atoms with E-state index in [1.54, 1.807) is 6.20 Å². The van der Waals surface area contributed by atoms with Crippen molar-refractivity contribution < 1.29 is 5.11 Å². The Hall–Kier alpha value is -1.87. The van der Waals surface area contributed by atoms with Crippen LogP contribution in [0.2, 0.25) is 0 Å². The molecule has 0 saturated carbocycles. The minimum Gasteiger partial charge on any atom is -0.375 e. The minimum atomic E-state index is -1.20. The first-order valence-corrected chi connectivity index (χ1v) is 4.67. The first-order chi connectivity index (χ1) is 7.27. The lowest BCUT2D eigenvalue weighted by Crippen LogP contribution is -2.24. The van der Waals surface area contributed by atoms with Gasteiger partial charge in [0.05, 0.1) is 18.2 Å². The van der Waals surface area contributed by atoms with Crippen molar-refractivity contribution in [2.75, 3.05) is 0 Å². The molecule has 2 rings (SSSR count). The quantitative estimate of drug-likeness (QED) is 0.742. The van der Waals surface area contributed by atoms with Crippen LogP contribution in [-0.2, 0) is 5.60 Å². The van der Waals surface area contributed by atoms with Crippen LogP contribution in [0.15, 0.2) is 55.5 Å². The smallest absolute Gasteiger partial charge is 0.149 e. The molecular weight excluding hydrogens is 188 g/mol. The van der Waals surface area contributed by atoms with E-state index in [2.05, 4.69) is 16.5 Å². The van der Waals surface area contributed by atoms with E-state index >= 15 is 0 Å². The van der Waals surface area contributed by atoms with Crippen molar-refractivity contribution in [2.24, 2.45) is 0 Å². The maximum absolute atomic E-state index is 10.5. The Bertz CT molecular complexity index is 436. The molecule has 1 aromatic heterocycles. The maximum atomic E-state index is 10.5. The van der Waals surface area contributed by atoms with Crippen molar-refractivity contribution >= 4 is 0 Å². The van der Waals surface area contributed by atoms with E-state index in [4.69, 9.17) is 0 Å². The van der Waals surface area contributed by atoms with Crippen LogP contribution >= 0.6 is 0 Å². The molecule has 2 N–H and O–H groups in total. The number of nitrogens with zero attached hydrogens (tertiary/aromatic N) is 1. The lowest BCUT2D eigenvalue weighted by atomic mass is 9.91. The Labute approximate surface area is 88.1 Å². The maximum Gasteiger partial charge on any atom is 0.149 e. The van der Waals surface area contributed by atoms with Crippen LogP contribution in [0.4, 0.5) is 0 Å². The summed E-state index contributed by atoms with van der Waals surface area (Å²) in [6.07, 6.45) is 4.62. The molecule has 0 radical (unpaired) electrons. The highest BCUT2D eigenvalue weighted by molar-refractivity contribution is 5.35. The van der Waals surface area contributed by atoms with Gasteiger partial charge in [-0.25, -0.2) is 4.98 Å². The highest BCUT2D eigenvalue weighted by atomic mass is 16.3.